The second-order valence-corrected chi connectivity index (χ2v) is 8.95. The maximum Gasteiger partial charge on any atom is 0.224 e. The van der Waals surface area contributed by atoms with E-state index in [-0.39, 0.29) is 5.91 Å². The van der Waals surface area contributed by atoms with Gasteiger partial charge in [-0.2, -0.15) is 0 Å². The van der Waals surface area contributed by atoms with Gasteiger partial charge in [-0.1, -0.05) is 36.4 Å². The van der Waals surface area contributed by atoms with Crippen molar-refractivity contribution in [3.05, 3.63) is 83.9 Å². The molecule has 1 aliphatic heterocycles. The van der Waals surface area contributed by atoms with Crippen LogP contribution in [0.15, 0.2) is 72.8 Å². The molecule has 1 fully saturated rings. The summed E-state index contributed by atoms with van der Waals surface area (Å²) in [5.74, 6) is 3.59. The molecule has 0 spiro atoms. The molecule has 4 rings (SSSR count). The summed E-state index contributed by atoms with van der Waals surface area (Å²) < 4.78 is 16.7. The molecule has 1 heterocycles. The smallest absolute Gasteiger partial charge is 0.224 e. The van der Waals surface area contributed by atoms with Crippen LogP contribution in [-0.4, -0.2) is 44.7 Å². The Hall–Kier alpha value is -3.51. The summed E-state index contributed by atoms with van der Waals surface area (Å²) in [7, 11) is 3.28. The summed E-state index contributed by atoms with van der Waals surface area (Å²) in [4.78, 5) is 14.9. The first-order chi connectivity index (χ1) is 17.1. The number of hydrogen-bond donors (Lipinski definition) is 1. The van der Waals surface area contributed by atoms with E-state index in [9.17, 15) is 4.79 Å². The molecule has 1 N–H and O–H groups in total. The van der Waals surface area contributed by atoms with E-state index in [4.69, 9.17) is 14.2 Å². The van der Waals surface area contributed by atoms with Crippen LogP contribution in [0.4, 0.5) is 0 Å². The van der Waals surface area contributed by atoms with Gasteiger partial charge in [0.25, 0.3) is 0 Å². The second-order valence-electron chi connectivity index (χ2n) is 8.95. The van der Waals surface area contributed by atoms with E-state index in [0.717, 1.165) is 61.8 Å². The van der Waals surface area contributed by atoms with Gasteiger partial charge in [0.1, 0.15) is 11.5 Å². The van der Waals surface area contributed by atoms with Crippen molar-refractivity contribution in [2.75, 3.05) is 33.9 Å². The minimum atomic E-state index is 0.0625. The standard InChI is InChI=1S/C29H34N2O4/c1-33-25-9-5-7-23(17-25)19-29(32)30-20-22-13-15-31(16-14-22)21-24-8-6-10-26(18-24)35-28-12-4-3-11-27(28)34-2/h3-12,17-18,22H,13-16,19-21H2,1-2H3,(H,30,32). The van der Waals surface area contributed by atoms with Gasteiger partial charge in [-0.3, -0.25) is 9.69 Å². The monoisotopic (exact) mass is 474 g/mol. The Labute approximate surface area is 207 Å². The molecular formula is C29H34N2O4. The fraction of sp³-hybridized carbons (Fsp3) is 0.345. The molecule has 0 atom stereocenters. The fourth-order valence-electron chi connectivity index (χ4n) is 4.43. The van der Waals surface area contributed by atoms with Gasteiger partial charge in [-0.05, 0) is 79.4 Å². The normalized spacial score (nSPS) is 14.3. The zero-order valence-electron chi connectivity index (χ0n) is 20.5. The molecule has 35 heavy (non-hydrogen) atoms. The maximum absolute atomic E-state index is 12.4. The highest BCUT2D eigenvalue weighted by Gasteiger charge is 2.20. The molecule has 0 aliphatic carbocycles. The topological polar surface area (TPSA) is 60.0 Å². The Morgan fingerprint density at radius 1 is 0.857 bits per heavy atom. The third-order valence-corrected chi connectivity index (χ3v) is 6.40. The summed E-state index contributed by atoms with van der Waals surface area (Å²) in [6.45, 7) is 3.67. The quantitative estimate of drug-likeness (QED) is 0.445. The Morgan fingerprint density at radius 3 is 2.29 bits per heavy atom. The molecule has 3 aromatic carbocycles. The first-order valence-corrected chi connectivity index (χ1v) is 12.1. The number of nitrogens with one attached hydrogen (secondary N) is 1. The number of rotatable bonds is 10. The molecule has 6 nitrogen and oxygen atoms in total. The maximum atomic E-state index is 12.4. The summed E-state index contributed by atoms with van der Waals surface area (Å²) in [6, 6.07) is 23.6. The Morgan fingerprint density at radius 2 is 1.54 bits per heavy atom. The van der Waals surface area contributed by atoms with Crippen LogP contribution in [0.5, 0.6) is 23.0 Å². The van der Waals surface area contributed by atoms with Gasteiger partial charge in [-0.25, -0.2) is 0 Å². The number of hydrogen-bond acceptors (Lipinski definition) is 5. The highest BCUT2D eigenvalue weighted by Crippen LogP contribution is 2.31. The van der Waals surface area contributed by atoms with E-state index in [1.165, 1.54) is 5.56 Å². The Balaban J connectivity index is 1.21. The minimum absolute atomic E-state index is 0.0625. The van der Waals surface area contributed by atoms with E-state index in [1.807, 2.05) is 60.7 Å². The Bertz CT molecular complexity index is 1110. The zero-order chi connectivity index (χ0) is 24.5. The van der Waals surface area contributed by atoms with Crippen molar-refractivity contribution >= 4 is 5.91 Å². The molecule has 0 bridgehead atoms. The molecule has 1 saturated heterocycles. The van der Waals surface area contributed by atoms with Crippen LogP contribution in [0.1, 0.15) is 24.0 Å². The van der Waals surface area contributed by atoms with Gasteiger partial charge in [0.15, 0.2) is 11.5 Å². The van der Waals surface area contributed by atoms with Gasteiger partial charge in [-0.15, -0.1) is 0 Å². The van der Waals surface area contributed by atoms with Gasteiger partial charge in [0, 0.05) is 13.1 Å². The minimum Gasteiger partial charge on any atom is -0.497 e. The van der Waals surface area contributed by atoms with Crippen molar-refractivity contribution in [2.45, 2.75) is 25.8 Å². The number of methoxy groups -OCH3 is 2. The van der Waals surface area contributed by atoms with Gasteiger partial charge >= 0.3 is 0 Å². The lowest BCUT2D eigenvalue weighted by Crippen LogP contribution is -2.38. The molecule has 184 valence electrons. The summed E-state index contributed by atoms with van der Waals surface area (Å²) in [5.41, 5.74) is 2.19. The predicted molar refractivity (Wildman–Crippen MR) is 137 cm³/mol. The Kier molecular flexibility index (Phi) is 8.63. The third kappa shape index (κ3) is 7.23. The lowest BCUT2D eigenvalue weighted by molar-refractivity contribution is -0.120. The molecule has 0 saturated carbocycles. The van der Waals surface area contributed by atoms with Crippen LogP contribution in [-0.2, 0) is 17.8 Å². The van der Waals surface area contributed by atoms with Crippen molar-refractivity contribution in [1.82, 2.24) is 10.2 Å². The average molecular weight is 475 g/mol. The van der Waals surface area contributed by atoms with E-state index in [0.29, 0.717) is 18.1 Å². The van der Waals surface area contributed by atoms with Crippen LogP contribution < -0.4 is 19.5 Å². The van der Waals surface area contributed by atoms with Crippen LogP contribution >= 0.6 is 0 Å². The summed E-state index contributed by atoms with van der Waals surface area (Å²) >= 11 is 0. The fourth-order valence-corrected chi connectivity index (χ4v) is 4.43. The molecule has 0 aromatic heterocycles. The second kappa shape index (κ2) is 12.3. The van der Waals surface area contributed by atoms with Crippen molar-refractivity contribution in [2.24, 2.45) is 5.92 Å². The first kappa shape index (κ1) is 24.6. The predicted octanol–water partition coefficient (Wildman–Crippen LogP) is 5.07. The van der Waals surface area contributed by atoms with Crippen LogP contribution in [0, 0.1) is 5.92 Å². The van der Waals surface area contributed by atoms with Crippen LogP contribution in [0.3, 0.4) is 0 Å². The van der Waals surface area contributed by atoms with Gasteiger partial charge in [0.05, 0.1) is 20.6 Å². The van der Waals surface area contributed by atoms with Crippen LogP contribution in [0.2, 0.25) is 0 Å². The summed E-state index contributed by atoms with van der Waals surface area (Å²) in [6.07, 6.45) is 2.54. The van der Waals surface area contributed by atoms with E-state index in [1.54, 1.807) is 14.2 Å². The number of ether oxygens (including phenoxy) is 3. The van der Waals surface area contributed by atoms with Gasteiger partial charge in [0.2, 0.25) is 5.91 Å². The zero-order valence-corrected chi connectivity index (χ0v) is 20.5. The number of nitrogens with zero attached hydrogens (tertiary/aromatic N) is 1. The third-order valence-electron chi connectivity index (χ3n) is 6.40. The highest BCUT2D eigenvalue weighted by atomic mass is 16.5. The highest BCUT2D eigenvalue weighted by molar-refractivity contribution is 5.78. The van der Waals surface area contributed by atoms with Gasteiger partial charge < -0.3 is 19.5 Å². The van der Waals surface area contributed by atoms with E-state index < -0.39 is 0 Å². The molecular weight excluding hydrogens is 440 g/mol. The molecule has 0 radical (unpaired) electrons. The largest absolute Gasteiger partial charge is 0.497 e. The molecule has 1 aliphatic rings. The number of benzene rings is 3. The number of para-hydroxylation sites is 2. The SMILES string of the molecule is COc1cccc(CC(=O)NCC2CCN(Cc3cccc(Oc4ccccc4OC)c3)CC2)c1. The number of amides is 1. The number of carbonyl (C=O) groups excluding carboxylic acids is 1. The number of likely N-dealkylation sites (tertiary alicyclic amines) is 1. The van der Waals surface area contributed by atoms with Crippen molar-refractivity contribution < 1.29 is 19.0 Å². The lowest BCUT2D eigenvalue weighted by Gasteiger charge is -2.32. The molecule has 0 unspecified atom stereocenters. The number of carbonyl (C=O) groups is 1. The van der Waals surface area contributed by atoms with Crippen LogP contribution in [0.25, 0.3) is 0 Å². The van der Waals surface area contributed by atoms with Crippen molar-refractivity contribution in [3.8, 4) is 23.0 Å². The molecule has 3 aromatic rings. The summed E-state index contributed by atoms with van der Waals surface area (Å²) in [5, 5.41) is 3.12. The molecule has 6 heteroatoms. The lowest BCUT2D eigenvalue weighted by atomic mass is 9.96. The van der Waals surface area contributed by atoms with E-state index in [2.05, 4.69) is 22.3 Å². The van der Waals surface area contributed by atoms with E-state index >= 15 is 0 Å². The van der Waals surface area contributed by atoms with Crippen molar-refractivity contribution in [3.63, 3.8) is 0 Å². The molecule has 1 amide bonds. The average Bonchev–Trinajstić information content (AvgIpc) is 2.89. The first-order valence-electron chi connectivity index (χ1n) is 12.1. The number of piperidine rings is 1. The van der Waals surface area contributed by atoms with Crippen molar-refractivity contribution in [1.29, 1.82) is 0 Å².